The van der Waals surface area contributed by atoms with E-state index in [1.54, 1.807) is 32.8 Å². The van der Waals surface area contributed by atoms with Gasteiger partial charge in [-0.2, -0.15) is 0 Å². The zero-order chi connectivity index (χ0) is 25.4. The van der Waals surface area contributed by atoms with Gasteiger partial charge in [0.15, 0.2) is 4.87 Å². The number of nitrogens with zero attached hydrogens (tertiary/aromatic N) is 2. The molecule has 0 N–H and O–H groups in total. The second-order valence-corrected chi connectivity index (χ2v) is 10.7. The molecular weight excluding hydrogens is 468 g/mol. The maximum absolute atomic E-state index is 13.9. The van der Waals surface area contributed by atoms with E-state index in [4.69, 9.17) is 14.2 Å². The van der Waals surface area contributed by atoms with Gasteiger partial charge in [-0.1, -0.05) is 42.5 Å². The van der Waals surface area contributed by atoms with Crippen molar-refractivity contribution >= 4 is 29.7 Å². The summed E-state index contributed by atoms with van der Waals surface area (Å²) in [7, 11) is 2.88. The molecule has 4 rings (SSSR count). The highest BCUT2D eigenvalue weighted by atomic mass is 32.2. The van der Waals surface area contributed by atoms with E-state index in [0.29, 0.717) is 6.54 Å². The average molecular weight is 499 g/mol. The Bertz CT molecular complexity index is 1100. The predicted octanol–water partition coefficient (Wildman–Crippen LogP) is 4.00. The molecule has 0 unspecified atom stereocenters. The molecule has 0 saturated carbocycles. The molecule has 2 aliphatic heterocycles. The molecular formula is C26H30N2O6S. The van der Waals surface area contributed by atoms with Crippen LogP contribution in [0.4, 0.5) is 4.79 Å². The number of esters is 1. The van der Waals surface area contributed by atoms with Crippen LogP contribution in [0, 0.1) is 0 Å². The smallest absolute Gasteiger partial charge is 0.412 e. The Morgan fingerprint density at radius 2 is 1.71 bits per heavy atom. The van der Waals surface area contributed by atoms with Gasteiger partial charge in [0.1, 0.15) is 17.4 Å². The van der Waals surface area contributed by atoms with E-state index in [9.17, 15) is 14.4 Å². The molecule has 9 heteroatoms. The van der Waals surface area contributed by atoms with Crippen LogP contribution >= 0.6 is 11.8 Å². The van der Waals surface area contributed by atoms with Gasteiger partial charge >= 0.3 is 12.1 Å². The third-order valence-corrected chi connectivity index (χ3v) is 7.59. The van der Waals surface area contributed by atoms with Crippen LogP contribution < -0.4 is 4.74 Å². The normalized spacial score (nSPS) is 23.7. The molecule has 3 atom stereocenters. The summed E-state index contributed by atoms with van der Waals surface area (Å²) in [5, 5.41) is 0. The van der Waals surface area contributed by atoms with Crippen molar-refractivity contribution in [2.45, 2.75) is 49.9 Å². The lowest BCUT2D eigenvalue weighted by molar-refractivity contribution is -0.169. The Kier molecular flexibility index (Phi) is 6.73. The monoisotopic (exact) mass is 498 g/mol. The number of carbonyl (C=O) groups is 3. The van der Waals surface area contributed by atoms with Gasteiger partial charge in [0.2, 0.25) is 0 Å². The lowest BCUT2D eigenvalue weighted by atomic mass is 9.85. The summed E-state index contributed by atoms with van der Waals surface area (Å²) in [5.41, 5.74) is 0.989. The van der Waals surface area contributed by atoms with Gasteiger partial charge in [-0.3, -0.25) is 9.69 Å². The summed E-state index contributed by atoms with van der Waals surface area (Å²) in [6.07, 6.45) is -0.712. The number of ether oxygens (including phenoxy) is 3. The number of hydrogen-bond acceptors (Lipinski definition) is 7. The fraction of sp³-hybridized carbons (Fsp3) is 0.423. The molecule has 0 radical (unpaired) electrons. The summed E-state index contributed by atoms with van der Waals surface area (Å²) >= 11 is 1.29. The number of carbonyl (C=O) groups excluding carboxylic acids is 3. The van der Waals surface area contributed by atoms with Gasteiger partial charge in [-0.25, -0.2) is 9.59 Å². The van der Waals surface area contributed by atoms with E-state index in [1.807, 2.05) is 54.6 Å². The number of rotatable bonds is 5. The molecule has 0 bridgehead atoms. The molecule has 186 valence electrons. The minimum absolute atomic E-state index is 0.233. The van der Waals surface area contributed by atoms with Crippen LogP contribution in [0.2, 0.25) is 0 Å². The summed E-state index contributed by atoms with van der Waals surface area (Å²) < 4.78 is 15.9. The van der Waals surface area contributed by atoms with E-state index < -0.39 is 34.6 Å². The van der Waals surface area contributed by atoms with Crippen LogP contribution in [0.1, 0.15) is 37.9 Å². The molecule has 2 fully saturated rings. The highest BCUT2D eigenvalue weighted by molar-refractivity contribution is 8.01. The van der Waals surface area contributed by atoms with Crippen molar-refractivity contribution < 1.29 is 28.6 Å². The Morgan fingerprint density at radius 1 is 1.06 bits per heavy atom. The molecule has 2 aromatic rings. The van der Waals surface area contributed by atoms with E-state index in [1.165, 1.54) is 23.8 Å². The number of likely N-dealkylation sites (tertiary alicyclic amines) is 1. The quantitative estimate of drug-likeness (QED) is 0.455. The van der Waals surface area contributed by atoms with E-state index >= 15 is 0 Å². The molecule has 2 aliphatic rings. The standard InChI is InChI=1S/C26H30N2O6S/c1-25(2,3)34-24(31)28-20(22(29)33-5)16-35-26(28)21(18-9-7-6-8-10-18)27(23(26)30)15-17-11-13-19(32-4)14-12-17/h6-14,20-21H,15-16H2,1-5H3/t20-,21+,26+/m0/s1. The third-order valence-electron chi connectivity index (χ3n) is 6.07. The van der Waals surface area contributed by atoms with Crippen LogP contribution in [-0.2, 0) is 25.6 Å². The number of thioether (sulfide) groups is 1. The van der Waals surface area contributed by atoms with Gasteiger partial charge in [-0.15, -0.1) is 11.8 Å². The molecule has 2 aromatic carbocycles. The molecule has 2 amide bonds. The summed E-state index contributed by atoms with van der Waals surface area (Å²) in [5.74, 6) is 0.137. The van der Waals surface area contributed by atoms with E-state index in [2.05, 4.69) is 0 Å². The van der Waals surface area contributed by atoms with Gasteiger partial charge in [-0.05, 0) is 44.0 Å². The maximum atomic E-state index is 13.9. The van der Waals surface area contributed by atoms with Crippen molar-refractivity contribution in [2.75, 3.05) is 20.0 Å². The highest BCUT2D eigenvalue weighted by Crippen LogP contribution is 2.59. The molecule has 2 saturated heterocycles. The Labute approximate surface area is 209 Å². The number of methoxy groups -OCH3 is 2. The van der Waals surface area contributed by atoms with Crippen molar-refractivity contribution in [1.29, 1.82) is 0 Å². The van der Waals surface area contributed by atoms with Crippen molar-refractivity contribution in [3.05, 3.63) is 65.7 Å². The van der Waals surface area contributed by atoms with Crippen molar-refractivity contribution in [2.24, 2.45) is 0 Å². The molecule has 35 heavy (non-hydrogen) atoms. The van der Waals surface area contributed by atoms with Gasteiger partial charge < -0.3 is 19.1 Å². The van der Waals surface area contributed by atoms with Crippen LogP contribution in [0.25, 0.3) is 0 Å². The zero-order valence-electron chi connectivity index (χ0n) is 20.5. The van der Waals surface area contributed by atoms with Crippen LogP contribution in [-0.4, -0.2) is 64.3 Å². The largest absolute Gasteiger partial charge is 0.497 e. The highest BCUT2D eigenvalue weighted by Gasteiger charge is 2.71. The second kappa shape index (κ2) is 9.45. The number of β-lactam (4-membered cyclic amide) rings is 1. The first kappa shape index (κ1) is 24.9. The topological polar surface area (TPSA) is 85.4 Å². The van der Waals surface area contributed by atoms with Crippen LogP contribution in [0.15, 0.2) is 54.6 Å². The molecule has 0 aliphatic carbocycles. The van der Waals surface area contributed by atoms with Crippen molar-refractivity contribution in [3.63, 3.8) is 0 Å². The number of hydrogen-bond donors (Lipinski definition) is 0. The summed E-state index contributed by atoms with van der Waals surface area (Å²) in [6, 6.07) is 15.6. The first-order valence-electron chi connectivity index (χ1n) is 11.4. The summed E-state index contributed by atoms with van der Waals surface area (Å²) in [4.78, 5) is 41.8. The summed E-state index contributed by atoms with van der Waals surface area (Å²) in [6.45, 7) is 5.60. The Balaban J connectivity index is 1.76. The van der Waals surface area contributed by atoms with E-state index in [-0.39, 0.29) is 11.7 Å². The van der Waals surface area contributed by atoms with E-state index in [0.717, 1.165) is 16.9 Å². The minimum atomic E-state index is -1.31. The average Bonchev–Trinajstić information content (AvgIpc) is 3.26. The second-order valence-electron chi connectivity index (χ2n) is 9.49. The first-order chi connectivity index (χ1) is 16.6. The molecule has 2 heterocycles. The number of benzene rings is 2. The fourth-order valence-electron chi connectivity index (χ4n) is 4.56. The number of amides is 2. The molecule has 1 spiro atoms. The maximum Gasteiger partial charge on any atom is 0.412 e. The third kappa shape index (κ3) is 4.45. The van der Waals surface area contributed by atoms with Gasteiger partial charge in [0.05, 0.1) is 20.3 Å². The van der Waals surface area contributed by atoms with Crippen LogP contribution in [0.3, 0.4) is 0 Å². The SMILES string of the molecule is COC(=O)[C@@H]1CS[C@]2(C(=O)N(Cc3ccc(OC)cc3)[C@@H]2c2ccccc2)N1C(=O)OC(C)(C)C. The van der Waals surface area contributed by atoms with Crippen molar-refractivity contribution in [1.82, 2.24) is 9.80 Å². The lowest BCUT2D eigenvalue weighted by Gasteiger charge is -2.57. The lowest BCUT2D eigenvalue weighted by Crippen LogP contribution is -2.74. The molecule has 0 aromatic heterocycles. The van der Waals surface area contributed by atoms with Crippen molar-refractivity contribution in [3.8, 4) is 5.75 Å². The first-order valence-corrected chi connectivity index (χ1v) is 12.3. The van der Waals surface area contributed by atoms with Crippen LogP contribution in [0.5, 0.6) is 5.75 Å². The minimum Gasteiger partial charge on any atom is -0.497 e. The Hall–Kier alpha value is -3.20. The fourth-order valence-corrected chi connectivity index (χ4v) is 6.26. The van der Waals surface area contributed by atoms with Gasteiger partial charge in [0, 0.05) is 12.3 Å². The predicted molar refractivity (Wildman–Crippen MR) is 132 cm³/mol. The Morgan fingerprint density at radius 3 is 2.29 bits per heavy atom. The zero-order valence-corrected chi connectivity index (χ0v) is 21.3. The van der Waals surface area contributed by atoms with Gasteiger partial charge in [0.25, 0.3) is 5.91 Å². The molecule has 8 nitrogen and oxygen atoms in total.